The number of aliphatic hydroxyl groups excluding tert-OH is 1. The Kier molecular flexibility index (Phi) is 4.98. The van der Waals surface area contributed by atoms with Gasteiger partial charge in [0.1, 0.15) is 16.6 Å². The van der Waals surface area contributed by atoms with Crippen molar-refractivity contribution in [2.45, 2.75) is 12.5 Å². The summed E-state index contributed by atoms with van der Waals surface area (Å²) >= 11 is 1.43. The van der Waals surface area contributed by atoms with Crippen molar-refractivity contribution in [2.75, 3.05) is 23.0 Å². The first kappa shape index (κ1) is 20.7. The highest BCUT2D eigenvalue weighted by atomic mass is 32.2. The number of carbonyl (C=O) groups excluding carboxylic acids is 1. The molecule has 0 unspecified atom stereocenters. The zero-order chi connectivity index (χ0) is 22.5. The number of amidine groups is 1. The average molecular weight is 469 g/mol. The number of aliphatic hydroxyl groups is 1. The van der Waals surface area contributed by atoms with Gasteiger partial charge in [-0.2, -0.15) is 0 Å². The van der Waals surface area contributed by atoms with E-state index in [1.165, 1.54) is 11.3 Å². The molecular weight excluding hydrogens is 448 g/mol. The van der Waals surface area contributed by atoms with Crippen LogP contribution in [0.15, 0.2) is 54.3 Å². The van der Waals surface area contributed by atoms with E-state index in [4.69, 9.17) is 5.41 Å². The third-order valence-corrected chi connectivity index (χ3v) is 8.44. The number of anilines is 1. The van der Waals surface area contributed by atoms with E-state index in [1.807, 2.05) is 24.3 Å². The van der Waals surface area contributed by atoms with Crippen LogP contribution in [0.4, 0.5) is 5.69 Å². The Morgan fingerprint density at radius 3 is 2.62 bits per heavy atom. The van der Waals surface area contributed by atoms with E-state index < -0.39 is 9.84 Å². The zero-order valence-electron chi connectivity index (χ0n) is 16.9. The van der Waals surface area contributed by atoms with Crippen molar-refractivity contribution in [1.82, 2.24) is 10.3 Å². The lowest BCUT2D eigenvalue weighted by molar-refractivity contribution is 0.0941. The highest BCUT2D eigenvalue weighted by Gasteiger charge is 2.32. The normalized spacial score (nSPS) is 20.3. The van der Waals surface area contributed by atoms with Crippen molar-refractivity contribution in [3.05, 3.63) is 64.9 Å². The molecule has 2 aliphatic heterocycles. The largest absolute Gasteiger partial charge is 0.510 e. The summed E-state index contributed by atoms with van der Waals surface area (Å²) in [7, 11) is -3.07. The summed E-state index contributed by atoms with van der Waals surface area (Å²) < 4.78 is 24.2. The van der Waals surface area contributed by atoms with Gasteiger partial charge in [-0.3, -0.25) is 10.2 Å². The lowest BCUT2D eigenvalue weighted by atomic mass is 10.1. The molecular formula is C22H20N4O4S2. The SMILES string of the molecule is N=C1C(c2nc3ccccc3s2)=C(O)CN1c1ccc(C(=O)N[C@@H]2CCS(=O)(=O)C2)cc1. The van der Waals surface area contributed by atoms with Gasteiger partial charge >= 0.3 is 0 Å². The lowest BCUT2D eigenvalue weighted by Crippen LogP contribution is -2.35. The molecule has 1 saturated heterocycles. The van der Waals surface area contributed by atoms with Crippen LogP contribution in [0.2, 0.25) is 0 Å². The van der Waals surface area contributed by atoms with E-state index in [0.717, 1.165) is 10.2 Å². The molecule has 3 aromatic rings. The molecule has 2 aromatic carbocycles. The predicted octanol–water partition coefficient (Wildman–Crippen LogP) is 2.98. The first-order valence-corrected chi connectivity index (χ1v) is 12.7. The molecule has 32 heavy (non-hydrogen) atoms. The minimum absolute atomic E-state index is 0.0265. The molecule has 0 aliphatic carbocycles. The molecule has 10 heteroatoms. The summed E-state index contributed by atoms with van der Waals surface area (Å²) in [4.78, 5) is 18.7. The highest BCUT2D eigenvalue weighted by molar-refractivity contribution is 7.91. The molecule has 3 N–H and O–H groups in total. The van der Waals surface area contributed by atoms with Gasteiger partial charge in [0, 0.05) is 17.3 Å². The Morgan fingerprint density at radius 2 is 1.94 bits per heavy atom. The minimum Gasteiger partial charge on any atom is -0.510 e. The molecule has 1 atom stereocenters. The van der Waals surface area contributed by atoms with Gasteiger partial charge < -0.3 is 15.3 Å². The van der Waals surface area contributed by atoms with Crippen LogP contribution >= 0.6 is 11.3 Å². The quantitative estimate of drug-likeness (QED) is 0.541. The molecule has 5 rings (SSSR count). The minimum atomic E-state index is -3.07. The molecule has 0 saturated carbocycles. The molecule has 0 bridgehead atoms. The number of sulfone groups is 1. The van der Waals surface area contributed by atoms with Crippen LogP contribution in [0.25, 0.3) is 15.8 Å². The third-order valence-electron chi connectivity index (χ3n) is 5.62. The van der Waals surface area contributed by atoms with Gasteiger partial charge in [-0.1, -0.05) is 12.1 Å². The van der Waals surface area contributed by atoms with Gasteiger partial charge in [-0.25, -0.2) is 13.4 Å². The van der Waals surface area contributed by atoms with Gasteiger partial charge in [0.25, 0.3) is 5.91 Å². The number of hydrogen-bond acceptors (Lipinski definition) is 7. The number of rotatable bonds is 4. The zero-order valence-corrected chi connectivity index (χ0v) is 18.5. The lowest BCUT2D eigenvalue weighted by Gasteiger charge is -2.19. The molecule has 0 spiro atoms. The number of nitrogens with zero attached hydrogens (tertiary/aromatic N) is 2. The molecule has 0 radical (unpaired) electrons. The van der Waals surface area contributed by atoms with Crippen molar-refractivity contribution in [2.24, 2.45) is 0 Å². The van der Waals surface area contributed by atoms with Crippen LogP contribution in [0.3, 0.4) is 0 Å². The monoisotopic (exact) mass is 468 g/mol. The second-order valence-corrected chi connectivity index (χ2v) is 11.1. The standard InChI is InChI=1S/C22H20N4O4S2/c23-20-19(22-25-16-3-1-2-4-18(16)31-22)17(27)11-26(20)15-7-5-13(6-8-15)21(28)24-14-9-10-32(29,30)12-14/h1-8,14,23,27H,9-12H2,(H,24,28)/t14-/m1/s1. The molecule has 1 fully saturated rings. The summed E-state index contributed by atoms with van der Waals surface area (Å²) in [6.45, 7) is 0.148. The fourth-order valence-electron chi connectivity index (χ4n) is 3.97. The topological polar surface area (TPSA) is 123 Å². The Bertz CT molecular complexity index is 1340. The number of aromatic nitrogens is 1. The van der Waals surface area contributed by atoms with Crippen molar-refractivity contribution >= 4 is 54.4 Å². The summed E-state index contributed by atoms with van der Waals surface area (Å²) in [6.07, 6.45) is 0.427. The Morgan fingerprint density at radius 1 is 1.19 bits per heavy atom. The van der Waals surface area contributed by atoms with Gasteiger partial charge in [0.05, 0.1) is 33.8 Å². The number of nitrogens with one attached hydrogen (secondary N) is 2. The van der Waals surface area contributed by atoms with Crippen molar-refractivity contribution in [1.29, 1.82) is 5.41 Å². The van der Waals surface area contributed by atoms with Crippen LogP contribution in [-0.4, -0.2) is 54.3 Å². The molecule has 164 valence electrons. The van der Waals surface area contributed by atoms with Crippen LogP contribution in [0.5, 0.6) is 0 Å². The molecule has 3 heterocycles. The fraction of sp³-hybridized carbons (Fsp3) is 0.227. The molecule has 1 amide bonds. The maximum absolute atomic E-state index is 12.5. The van der Waals surface area contributed by atoms with E-state index in [0.29, 0.717) is 28.3 Å². The maximum Gasteiger partial charge on any atom is 0.251 e. The Hall–Kier alpha value is -3.24. The number of hydrogen-bond donors (Lipinski definition) is 3. The van der Waals surface area contributed by atoms with Crippen molar-refractivity contribution in [3.8, 4) is 0 Å². The fourth-order valence-corrected chi connectivity index (χ4v) is 6.68. The highest BCUT2D eigenvalue weighted by Crippen LogP contribution is 2.35. The molecule has 8 nitrogen and oxygen atoms in total. The van der Waals surface area contributed by atoms with E-state index in [2.05, 4.69) is 10.3 Å². The Balaban J connectivity index is 1.31. The average Bonchev–Trinajstić information content (AvgIpc) is 3.42. The smallest absolute Gasteiger partial charge is 0.251 e. The third kappa shape index (κ3) is 3.76. The summed E-state index contributed by atoms with van der Waals surface area (Å²) in [5.41, 5.74) is 2.31. The van der Waals surface area contributed by atoms with E-state index >= 15 is 0 Å². The van der Waals surface area contributed by atoms with Crippen LogP contribution in [0, 0.1) is 5.41 Å². The van der Waals surface area contributed by atoms with Gasteiger partial charge in [-0.05, 0) is 42.8 Å². The van der Waals surface area contributed by atoms with Gasteiger partial charge in [0.2, 0.25) is 0 Å². The Labute approximate surface area is 188 Å². The van der Waals surface area contributed by atoms with Crippen LogP contribution < -0.4 is 10.2 Å². The van der Waals surface area contributed by atoms with Crippen LogP contribution in [-0.2, 0) is 9.84 Å². The number of para-hydroxylation sites is 1. The van der Waals surface area contributed by atoms with Crippen molar-refractivity contribution < 1.29 is 18.3 Å². The first-order valence-electron chi connectivity index (χ1n) is 10.1. The number of thiazole rings is 1. The van der Waals surface area contributed by atoms with Crippen LogP contribution in [0.1, 0.15) is 21.8 Å². The van der Waals surface area contributed by atoms with Gasteiger partial charge in [-0.15, -0.1) is 11.3 Å². The summed E-state index contributed by atoms with van der Waals surface area (Å²) in [5.74, 6) is -0.0255. The number of fused-ring (bicyclic) bond motifs is 1. The van der Waals surface area contributed by atoms with E-state index in [1.54, 1.807) is 29.2 Å². The predicted molar refractivity (Wildman–Crippen MR) is 125 cm³/mol. The maximum atomic E-state index is 12.5. The van der Waals surface area contributed by atoms with E-state index in [9.17, 15) is 18.3 Å². The molecule has 2 aliphatic rings. The van der Waals surface area contributed by atoms with E-state index in [-0.39, 0.29) is 41.6 Å². The molecule has 1 aromatic heterocycles. The summed E-state index contributed by atoms with van der Waals surface area (Å²) in [6, 6.07) is 14.0. The second kappa shape index (κ2) is 7.72. The second-order valence-electron chi connectivity index (χ2n) is 7.86. The number of amides is 1. The first-order chi connectivity index (χ1) is 15.3. The van der Waals surface area contributed by atoms with Crippen molar-refractivity contribution in [3.63, 3.8) is 0 Å². The number of benzene rings is 2. The van der Waals surface area contributed by atoms with Gasteiger partial charge in [0.15, 0.2) is 9.84 Å². The number of carbonyl (C=O) groups is 1. The summed E-state index contributed by atoms with van der Waals surface area (Å²) in [5, 5.41) is 22.5.